The fourth-order valence-corrected chi connectivity index (χ4v) is 12.2. The first-order valence-corrected chi connectivity index (χ1v) is 25.5. The van der Waals surface area contributed by atoms with Crippen LogP contribution in [-0.4, -0.2) is 130 Å². The lowest BCUT2D eigenvalue weighted by molar-refractivity contribution is -0.155. The molecule has 1 aliphatic carbocycles. The van der Waals surface area contributed by atoms with Crippen molar-refractivity contribution in [2.45, 2.75) is 129 Å². The van der Waals surface area contributed by atoms with Gasteiger partial charge in [0.15, 0.2) is 0 Å². The summed E-state index contributed by atoms with van der Waals surface area (Å²) < 4.78 is 14.3. The lowest BCUT2D eigenvalue weighted by atomic mass is 9.84. The van der Waals surface area contributed by atoms with E-state index in [1.54, 1.807) is 35.2 Å². The van der Waals surface area contributed by atoms with Crippen molar-refractivity contribution in [1.29, 1.82) is 0 Å². The highest BCUT2D eigenvalue weighted by Crippen LogP contribution is 2.45. The molecule has 4 amide bonds. The smallest absolute Gasteiger partial charge is 0.324 e. The Bertz CT molecular complexity index is 2710. The van der Waals surface area contributed by atoms with Crippen molar-refractivity contribution in [1.82, 2.24) is 40.4 Å². The minimum absolute atomic E-state index is 0.0125. The number of methoxy groups -OCH3 is 1. The van der Waals surface area contributed by atoms with E-state index in [0.717, 1.165) is 70.2 Å². The first-order chi connectivity index (χ1) is 33.7. The van der Waals surface area contributed by atoms with E-state index in [2.05, 4.69) is 59.6 Å². The number of esters is 1. The Balaban J connectivity index is 1.03. The van der Waals surface area contributed by atoms with Gasteiger partial charge in [0, 0.05) is 80.9 Å². The van der Waals surface area contributed by atoms with Crippen molar-refractivity contribution in [3.8, 4) is 28.1 Å². The first kappa shape index (κ1) is 47.8. The summed E-state index contributed by atoms with van der Waals surface area (Å²) in [6.45, 7) is 11.3. The van der Waals surface area contributed by atoms with Gasteiger partial charge in [0.1, 0.15) is 23.9 Å². The number of phenolic OH excluding ortho intramolecular Hbond substituents is 1. The summed E-state index contributed by atoms with van der Waals surface area (Å²) in [5, 5.41) is 20.1. The summed E-state index contributed by atoms with van der Waals surface area (Å²) in [6, 6.07) is 12.7. The molecule has 6 atom stereocenters. The van der Waals surface area contributed by atoms with Crippen molar-refractivity contribution >= 4 is 40.5 Å². The molecule has 16 heteroatoms. The number of ether oxygens (including phenoxy) is 2. The second-order valence-electron chi connectivity index (χ2n) is 21.5. The number of rotatable bonds is 9. The second-order valence-corrected chi connectivity index (χ2v) is 21.5. The number of amides is 4. The molecule has 0 unspecified atom stereocenters. The van der Waals surface area contributed by atoms with Crippen LogP contribution in [0, 0.1) is 16.7 Å². The molecule has 0 radical (unpaired) electrons. The van der Waals surface area contributed by atoms with Crippen molar-refractivity contribution < 1.29 is 38.6 Å². The number of aryl methyl sites for hydroxylation is 1. The van der Waals surface area contributed by atoms with Gasteiger partial charge in [-0.2, -0.15) is 0 Å². The molecule has 1 saturated carbocycles. The molecule has 4 saturated heterocycles. The summed E-state index contributed by atoms with van der Waals surface area (Å²) in [6.07, 6.45) is 7.61. The van der Waals surface area contributed by atoms with Gasteiger partial charge in [-0.3, -0.25) is 34.0 Å². The summed E-state index contributed by atoms with van der Waals surface area (Å²) in [5.74, 6) is -1.44. The normalized spacial score (nSPS) is 25.9. The number of nitrogens with zero attached hydrogens (tertiary/aromatic N) is 5. The van der Waals surface area contributed by atoms with E-state index in [1.807, 2.05) is 25.1 Å². The summed E-state index contributed by atoms with van der Waals surface area (Å²) in [5.41, 5.74) is 9.00. The van der Waals surface area contributed by atoms with Crippen LogP contribution in [0.25, 0.3) is 33.3 Å². The number of benzene rings is 2. The minimum atomic E-state index is -1.12. The van der Waals surface area contributed by atoms with E-state index in [1.165, 1.54) is 5.01 Å². The number of cyclic esters (lactones) is 1. The first-order valence-electron chi connectivity index (χ1n) is 25.5. The molecule has 6 aliphatic rings. The molecule has 1 spiro atoms. The number of phenols is 1. The third-order valence-electron chi connectivity index (χ3n) is 16.0. The standard InChI is InChI=1S/C54H68N8O8/c1-6-60-44-16-15-35-27-39(44)40(47(60)38-13-9-19-55-45(38)32(2)69-5)28-53(3,4)31-70-51(67)41-14-10-20-62(58-41)50(66)42(25-33-23-36(35)26-37(63)24-33)57-48(64)46(34-11-7-8-12-34)61-22-18-54(52(61)68)17-21-59(30-54)49(65)43-29-56-43/h9,13,15-16,19,23-24,26-27,32,34,41-43,46,56,58,63H,6-8,10-12,14,17-18,20-22,25,28-31H2,1-5H3,(H,57,64)/t32-,41-,42-,43+,46-,54-/m0/s1. The van der Waals surface area contributed by atoms with Gasteiger partial charge in [-0.05, 0) is 123 Å². The van der Waals surface area contributed by atoms with Gasteiger partial charge in [0.05, 0.1) is 35.6 Å². The lowest BCUT2D eigenvalue weighted by Crippen LogP contribution is -2.62. The van der Waals surface area contributed by atoms with Crippen LogP contribution in [0.3, 0.4) is 0 Å². The number of carbonyl (C=O) groups is 5. The van der Waals surface area contributed by atoms with Crippen LogP contribution in [-0.2, 0) is 52.8 Å². The van der Waals surface area contributed by atoms with Gasteiger partial charge in [-0.15, -0.1) is 0 Å². The Morgan fingerprint density at radius 2 is 1.79 bits per heavy atom. The molecular weight excluding hydrogens is 889 g/mol. The van der Waals surface area contributed by atoms with E-state index in [9.17, 15) is 24.3 Å². The fraction of sp³-hybridized carbons (Fsp3) is 0.556. The summed E-state index contributed by atoms with van der Waals surface area (Å²) >= 11 is 0. The number of pyridine rings is 1. The van der Waals surface area contributed by atoms with Gasteiger partial charge < -0.3 is 39.6 Å². The van der Waals surface area contributed by atoms with Crippen molar-refractivity contribution in [2.24, 2.45) is 16.7 Å². The largest absolute Gasteiger partial charge is 0.508 e. The van der Waals surface area contributed by atoms with Crippen molar-refractivity contribution in [3.63, 3.8) is 0 Å². The van der Waals surface area contributed by atoms with E-state index in [4.69, 9.17) is 14.5 Å². The SMILES string of the molecule is CCn1c(-c2cccnc2[C@H](C)OC)c2c3cc(ccc31)-c1cc(O)cc(c1)C[C@H](NC(=O)[C@H](C1CCCC1)N1CC[C@]3(CCN(C(=O)[C@H]4CN4)C3)C1=O)C(=O)N1CCC[C@H](N1)C(=O)OCC(C)(C)C2. The minimum Gasteiger partial charge on any atom is -0.508 e. The molecule has 10 rings (SSSR count). The quantitative estimate of drug-likeness (QED) is 0.123. The summed E-state index contributed by atoms with van der Waals surface area (Å²) in [7, 11) is 1.68. The number of hydrazine groups is 1. The predicted octanol–water partition coefficient (Wildman–Crippen LogP) is 5.43. The molecule has 7 heterocycles. The van der Waals surface area contributed by atoms with Gasteiger partial charge in [-0.25, -0.2) is 5.43 Å². The molecule has 2 aromatic heterocycles. The van der Waals surface area contributed by atoms with E-state index in [0.29, 0.717) is 76.9 Å². The van der Waals surface area contributed by atoms with E-state index >= 15 is 4.79 Å². The molecule has 16 nitrogen and oxygen atoms in total. The molecule has 2 aromatic carbocycles. The maximum Gasteiger partial charge on any atom is 0.324 e. The Kier molecular flexibility index (Phi) is 13.0. The topological polar surface area (TPSA) is 198 Å². The number of carbonyl (C=O) groups excluding carboxylic acids is 5. The predicted molar refractivity (Wildman–Crippen MR) is 263 cm³/mol. The van der Waals surface area contributed by atoms with Crippen LogP contribution < -0.4 is 16.1 Å². The molecule has 372 valence electrons. The number of likely N-dealkylation sites (tertiary alicyclic amines) is 2. The average Bonchev–Trinajstić information content (AvgIpc) is 3.61. The molecule has 4 N–H and O–H groups in total. The zero-order valence-electron chi connectivity index (χ0n) is 41.2. The molecular formula is C54H68N8O8. The Hall–Kier alpha value is -5.84. The zero-order valence-corrected chi connectivity index (χ0v) is 41.2. The average molecular weight is 957 g/mol. The van der Waals surface area contributed by atoms with Gasteiger partial charge in [-0.1, -0.05) is 38.8 Å². The number of nitrogens with one attached hydrogen (secondary N) is 3. The molecule has 5 fully saturated rings. The number of hydrogen-bond donors (Lipinski definition) is 4. The van der Waals surface area contributed by atoms with Crippen molar-refractivity contribution in [3.05, 3.63) is 71.5 Å². The highest BCUT2D eigenvalue weighted by atomic mass is 16.5. The maximum atomic E-state index is 15.1. The van der Waals surface area contributed by atoms with E-state index in [-0.39, 0.29) is 48.7 Å². The number of aromatic hydroxyl groups is 1. The zero-order chi connectivity index (χ0) is 49.1. The van der Waals surface area contributed by atoms with Crippen LogP contribution in [0.5, 0.6) is 5.75 Å². The lowest BCUT2D eigenvalue weighted by Gasteiger charge is -2.37. The third-order valence-corrected chi connectivity index (χ3v) is 16.0. The third kappa shape index (κ3) is 9.06. The molecule has 70 heavy (non-hydrogen) atoms. The number of aromatic nitrogens is 2. The fourth-order valence-electron chi connectivity index (χ4n) is 12.2. The molecule has 6 bridgehead atoms. The molecule has 5 aliphatic heterocycles. The highest BCUT2D eigenvalue weighted by molar-refractivity contribution is 5.97. The van der Waals surface area contributed by atoms with Crippen LogP contribution in [0.2, 0.25) is 0 Å². The summed E-state index contributed by atoms with van der Waals surface area (Å²) in [4.78, 5) is 80.2. The van der Waals surface area contributed by atoms with Crippen molar-refractivity contribution in [2.75, 3.05) is 46.4 Å². The van der Waals surface area contributed by atoms with Crippen LogP contribution in [0.4, 0.5) is 0 Å². The van der Waals surface area contributed by atoms with Crippen LogP contribution >= 0.6 is 0 Å². The van der Waals surface area contributed by atoms with E-state index < -0.39 is 46.7 Å². The van der Waals surface area contributed by atoms with Crippen LogP contribution in [0.1, 0.15) is 102 Å². The Morgan fingerprint density at radius 1 is 1.00 bits per heavy atom. The Morgan fingerprint density at radius 3 is 2.54 bits per heavy atom. The number of hydrogen-bond acceptors (Lipinski definition) is 11. The number of fused-ring (bicyclic) bond motifs is 6. The van der Waals surface area contributed by atoms with Gasteiger partial charge in [0.2, 0.25) is 17.7 Å². The van der Waals surface area contributed by atoms with Gasteiger partial charge in [0.25, 0.3) is 5.91 Å². The second kappa shape index (κ2) is 19.1. The molecule has 4 aromatic rings. The highest BCUT2D eigenvalue weighted by Gasteiger charge is 2.56. The maximum absolute atomic E-state index is 15.1. The van der Waals surface area contributed by atoms with Gasteiger partial charge >= 0.3 is 5.97 Å². The Labute approximate surface area is 409 Å². The monoisotopic (exact) mass is 957 g/mol. The van der Waals surface area contributed by atoms with Crippen LogP contribution in [0.15, 0.2) is 54.7 Å².